The molecule has 0 heterocycles. The van der Waals surface area contributed by atoms with E-state index in [0.717, 1.165) is 102 Å². The number of carbonyl (C=O) groups excluding carboxylic acids is 4. The minimum atomic E-state index is -4.95. The summed E-state index contributed by atoms with van der Waals surface area (Å²) in [7, 11) is -9.90. The number of phosphoric ester groups is 2. The second-order valence-electron chi connectivity index (χ2n) is 26.2. The Balaban J connectivity index is 5.25. The Bertz CT molecular complexity index is 1730. The van der Waals surface area contributed by atoms with Gasteiger partial charge in [-0.15, -0.1) is 0 Å². The number of hydrogen-bond donors (Lipinski definition) is 3. The van der Waals surface area contributed by atoms with E-state index in [-0.39, 0.29) is 25.7 Å². The van der Waals surface area contributed by atoms with Crippen molar-refractivity contribution in [2.75, 3.05) is 39.6 Å². The topological polar surface area (TPSA) is 237 Å². The van der Waals surface area contributed by atoms with Gasteiger partial charge in [0, 0.05) is 25.7 Å². The molecule has 0 rings (SSSR count). The number of hydrogen-bond acceptors (Lipinski definition) is 15. The van der Waals surface area contributed by atoms with E-state index in [4.69, 9.17) is 37.0 Å². The van der Waals surface area contributed by atoms with Crippen molar-refractivity contribution in [2.45, 2.75) is 374 Å². The molecule has 0 bridgehead atoms. The highest BCUT2D eigenvalue weighted by molar-refractivity contribution is 7.47. The molecule has 89 heavy (non-hydrogen) atoms. The Morgan fingerprint density at radius 1 is 0.303 bits per heavy atom. The maximum atomic E-state index is 13.0. The second-order valence-corrected chi connectivity index (χ2v) is 29.1. The lowest BCUT2D eigenvalue weighted by molar-refractivity contribution is -0.161. The smallest absolute Gasteiger partial charge is 0.462 e. The van der Waals surface area contributed by atoms with Crippen LogP contribution in [0.15, 0.2) is 0 Å². The highest BCUT2D eigenvalue weighted by atomic mass is 31.2. The first-order valence-corrected chi connectivity index (χ1v) is 39.5. The average molecular weight is 1310 g/mol. The van der Waals surface area contributed by atoms with Gasteiger partial charge in [-0.3, -0.25) is 37.3 Å². The standard InChI is InChI=1S/C70H136O17P2/c1-7-9-11-13-15-17-19-21-23-28-34-40-46-52-67(72)80-58-65(86-70(75)55-49-43-36-30-26-25-27-32-38-44-50-62(3)4)60-84-88(76,77)82-56-64(71)57-83-89(78,79)85-61-66(59-81-68(73)53-47-41-37-31-33-39-45-51-63(5)6)87-69(74)54-48-42-35-29-24-22-20-18-16-14-12-10-8-2/h62-66,71H,7-61H2,1-6H3,(H,76,77)(H,78,79)/t64-,65-,66-/m1/s1. The first-order chi connectivity index (χ1) is 42.9. The van der Waals surface area contributed by atoms with Crippen LogP contribution in [0.3, 0.4) is 0 Å². The third-order valence-electron chi connectivity index (χ3n) is 16.2. The lowest BCUT2D eigenvalue weighted by Crippen LogP contribution is -2.30. The maximum absolute atomic E-state index is 13.0. The van der Waals surface area contributed by atoms with Gasteiger partial charge in [-0.05, 0) is 37.5 Å². The van der Waals surface area contributed by atoms with E-state index >= 15 is 0 Å². The fourth-order valence-electron chi connectivity index (χ4n) is 10.6. The summed E-state index contributed by atoms with van der Waals surface area (Å²) in [5, 5.41) is 10.6. The van der Waals surface area contributed by atoms with Crippen molar-refractivity contribution in [3.63, 3.8) is 0 Å². The summed E-state index contributed by atoms with van der Waals surface area (Å²) in [6.45, 7) is 9.49. The van der Waals surface area contributed by atoms with Crippen molar-refractivity contribution >= 4 is 39.5 Å². The number of unbranched alkanes of at least 4 members (excludes halogenated alkanes) is 39. The number of phosphoric acid groups is 2. The minimum Gasteiger partial charge on any atom is -0.462 e. The molecule has 19 heteroatoms. The molecule has 0 aliphatic rings. The zero-order chi connectivity index (χ0) is 65.7. The summed E-state index contributed by atoms with van der Waals surface area (Å²) >= 11 is 0. The lowest BCUT2D eigenvalue weighted by Gasteiger charge is -2.21. The largest absolute Gasteiger partial charge is 0.472 e. The number of esters is 4. The fourth-order valence-corrected chi connectivity index (χ4v) is 12.2. The molecule has 17 nitrogen and oxygen atoms in total. The minimum absolute atomic E-state index is 0.106. The van der Waals surface area contributed by atoms with Crippen LogP contribution in [-0.4, -0.2) is 96.7 Å². The number of rotatable bonds is 69. The van der Waals surface area contributed by atoms with Gasteiger partial charge in [0.15, 0.2) is 12.2 Å². The van der Waals surface area contributed by atoms with Crippen molar-refractivity contribution in [1.29, 1.82) is 0 Å². The van der Waals surface area contributed by atoms with Crippen molar-refractivity contribution < 1.29 is 80.2 Å². The fraction of sp³-hybridized carbons (Fsp3) is 0.943. The van der Waals surface area contributed by atoms with Crippen LogP contribution >= 0.6 is 15.6 Å². The summed E-state index contributed by atoms with van der Waals surface area (Å²) in [4.78, 5) is 72.5. The molecule has 5 atom stereocenters. The zero-order valence-electron chi connectivity index (χ0n) is 57.7. The van der Waals surface area contributed by atoms with Gasteiger partial charge in [0.25, 0.3) is 0 Å². The predicted octanol–water partition coefficient (Wildman–Crippen LogP) is 20.0. The highest BCUT2D eigenvalue weighted by Gasteiger charge is 2.30. The van der Waals surface area contributed by atoms with Crippen molar-refractivity contribution in [2.24, 2.45) is 11.8 Å². The first-order valence-electron chi connectivity index (χ1n) is 36.5. The van der Waals surface area contributed by atoms with Gasteiger partial charge in [-0.2, -0.15) is 0 Å². The molecule has 0 spiro atoms. The van der Waals surface area contributed by atoms with Crippen LogP contribution in [0.4, 0.5) is 0 Å². The number of aliphatic hydroxyl groups excluding tert-OH is 1. The number of aliphatic hydroxyl groups is 1. The van der Waals surface area contributed by atoms with Gasteiger partial charge in [-0.25, -0.2) is 9.13 Å². The molecule has 0 saturated carbocycles. The molecule has 0 amide bonds. The van der Waals surface area contributed by atoms with Crippen LogP contribution in [0.1, 0.15) is 356 Å². The van der Waals surface area contributed by atoms with Gasteiger partial charge in [-0.1, -0.05) is 305 Å². The summed E-state index contributed by atoms with van der Waals surface area (Å²) in [5.41, 5.74) is 0. The van der Waals surface area contributed by atoms with Gasteiger partial charge in [0.05, 0.1) is 26.4 Å². The molecule has 528 valence electrons. The quantitative estimate of drug-likeness (QED) is 0.0222. The molecule has 0 aromatic carbocycles. The normalized spacial score (nSPS) is 14.1. The summed E-state index contributed by atoms with van der Waals surface area (Å²) in [6, 6.07) is 0. The molecular formula is C70H136O17P2. The highest BCUT2D eigenvalue weighted by Crippen LogP contribution is 2.45. The molecule has 0 aliphatic carbocycles. The summed E-state index contributed by atoms with van der Waals surface area (Å²) in [6.07, 6.45) is 47.1. The molecule has 2 unspecified atom stereocenters. The molecule has 0 radical (unpaired) electrons. The summed E-state index contributed by atoms with van der Waals surface area (Å²) < 4.78 is 68.3. The van der Waals surface area contributed by atoms with Crippen LogP contribution < -0.4 is 0 Å². The van der Waals surface area contributed by atoms with Crippen LogP contribution in [0.2, 0.25) is 0 Å². The Kier molecular flexibility index (Phi) is 60.8. The lowest BCUT2D eigenvalue weighted by atomic mass is 10.0. The number of carbonyl (C=O) groups is 4. The van der Waals surface area contributed by atoms with Gasteiger partial charge < -0.3 is 33.8 Å². The van der Waals surface area contributed by atoms with Crippen molar-refractivity contribution in [1.82, 2.24) is 0 Å². The molecular weight excluding hydrogens is 1170 g/mol. The zero-order valence-corrected chi connectivity index (χ0v) is 59.5. The molecule has 3 N–H and O–H groups in total. The van der Waals surface area contributed by atoms with Crippen molar-refractivity contribution in [3.05, 3.63) is 0 Å². The SMILES string of the molecule is CCCCCCCCCCCCCCCC(=O)OC[C@H](COP(=O)(O)OC[C@@H](O)COP(=O)(O)OC[C@@H](COC(=O)CCCCCCCCCC(C)C)OC(=O)CCCCCCCCCCCCCCC)OC(=O)CCCCCCCCCCCCC(C)C. The van der Waals surface area contributed by atoms with E-state index in [9.17, 15) is 43.2 Å². The third-order valence-corrected chi connectivity index (χ3v) is 18.1. The third kappa shape index (κ3) is 64.6. The monoisotopic (exact) mass is 1310 g/mol. The Morgan fingerprint density at radius 2 is 0.517 bits per heavy atom. The van der Waals surface area contributed by atoms with Crippen molar-refractivity contribution in [3.8, 4) is 0 Å². The summed E-state index contributed by atoms with van der Waals surface area (Å²) in [5.74, 6) is -0.666. The van der Waals surface area contributed by atoms with E-state index in [1.807, 2.05) is 0 Å². The molecule has 0 saturated heterocycles. The van der Waals surface area contributed by atoms with E-state index in [0.29, 0.717) is 31.6 Å². The van der Waals surface area contributed by atoms with E-state index in [1.165, 1.54) is 167 Å². The molecule has 0 aromatic heterocycles. The van der Waals surface area contributed by atoms with E-state index in [1.54, 1.807) is 0 Å². The van der Waals surface area contributed by atoms with Crippen LogP contribution in [0.25, 0.3) is 0 Å². The van der Waals surface area contributed by atoms with Crippen LogP contribution in [0, 0.1) is 11.8 Å². The molecule has 0 fully saturated rings. The molecule has 0 aliphatic heterocycles. The predicted molar refractivity (Wildman–Crippen MR) is 358 cm³/mol. The Hall–Kier alpha value is -1.94. The van der Waals surface area contributed by atoms with E-state index < -0.39 is 97.5 Å². The van der Waals surface area contributed by atoms with Crippen LogP contribution in [0.5, 0.6) is 0 Å². The first kappa shape index (κ1) is 87.1. The average Bonchev–Trinajstić information content (AvgIpc) is 3.70. The number of ether oxygens (including phenoxy) is 4. The van der Waals surface area contributed by atoms with Gasteiger partial charge >= 0.3 is 39.5 Å². The van der Waals surface area contributed by atoms with Gasteiger partial charge in [0.1, 0.15) is 19.3 Å². The van der Waals surface area contributed by atoms with E-state index in [2.05, 4.69) is 41.5 Å². The van der Waals surface area contributed by atoms with Crippen LogP contribution in [-0.2, 0) is 65.4 Å². The second kappa shape index (κ2) is 62.2. The Labute approximate surface area is 543 Å². The molecule has 0 aromatic rings. The van der Waals surface area contributed by atoms with Gasteiger partial charge in [0.2, 0.25) is 0 Å². The Morgan fingerprint density at radius 3 is 0.764 bits per heavy atom. The maximum Gasteiger partial charge on any atom is 0.472 e.